The maximum Gasteiger partial charge on any atom is 0.416 e. The van der Waals surface area contributed by atoms with Crippen LogP contribution in [0.3, 0.4) is 0 Å². The van der Waals surface area contributed by atoms with Gasteiger partial charge in [-0.05, 0) is 61.5 Å². The van der Waals surface area contributed by atoms with Crippen molar-refractivity contribution in [1.82, 2.24) is 9.55 Å². The van der Waals surface area contributed by atoms with Crippen molar-refractivity contribution in [2.75, 3.05) is 18.0 Å². The van der Waals surface area contributed by atoms with E-state index in [2.05, 4.69) is 20.5 Å². The molecule has 3 nitrogen and oxygen atoms in total. The normalized spacial score (nSPS) is 16.3. The number of nitrogens with zero attached hydrogens (tertiary/aromatic N) is 2. The summed E-state index contributed by atoms with van der Waals surface area (Å²) in [7, 11) is 0. The molecule has 1 fully saturated rings. The Bertz CT molecular complexity index is 964. The van der Waals surface area contributed by atoms with E-state index in [1.54, 1.807) is 12.1 Å². The minimum absolute atomic E-state index is 0.296. The van der Waals surface area contributed by atoms with Crippen LogP contribution in [0, 0.1) is 4.77 Å². The minimum Gasteiger partial charge on any atom is -0.371 e. The van der Waals surface area contributed by atoms with Gasteiger partial charge in [-0.1, -0.05) is 12.1 Å². The van der Waals surface area contributed by atoms with Crippen LogP contribution in [0.1, 0.15) is 24.4 Å². The molecule has 1 aliphatic heterocycles. The van der Waals surface area contributed by atoms with Crippen molar-refractivity contribution < 1.29 is 13.2 Å². The fourth-order valence-corrected chi connectivity index (χ4v) is 4.04. The van der Waals surface area contributed by atoms with Gasteiger partial charge >= 0.3 is 6.18 Å². The Hall–Kier alpha value is -2.28. The highest BCUT2D eigenvalue weighted by Crippen LogP contribution is 2.33. The number of alkyl halides is 3. The van der Waals surface area contributed by atoms with Crippen molar-refractivity contribution >= 4 is 28.9 Å². The molecule has 0 bridgehead atoms. The molecule has 1 aliphatic rings. The third kappa shape index (κ3) is 3.11. The Morgan fingerprint density at radius 3 is 2.27 bits per heavy atom. The number of benzene rings is 2. The lowest BCUT2D eigenvalue weighted by molar-refractivity contribution is -0.137. The number of imidazole rings is 1. The van der Waals surface area contributed by atoms with Crippen LogP contribution in [0.15, 0.2) is 48.5 Å². The summed E-state index contributed by atoms with van der Waals surface area (Å²) in [6, 6.07) is 13.8. The maximum absolute atomic E-state index is 12.7. The fraction of sp³-hybridized carbons (Fsp3) is 0.316. The number of hydrogen-bond acceptors (Lipinski definition) is 2. The number of nitrogens with one attached hydrogen (secondary N) is 1. The molecule has 136 valence electrons. The average Bonchev–Trinajstić information content (AvgIpc) is 2.97. The predicted octanol–water partition coefficient (Wildman–Crippen LogP) is 5.56. The largest absolute Gasteiger partial charge is 0.416 e. The number of H-pyrrole nitrogens is 1. The van der Waals surface area contributed by atoms with E-state index in [0.29, 0.717) is 6.04 Å². The lowest BCUT2D eigenvalue weighted by Crippen LogP contribution is -2.34. The molecule has 0 radical (unpaired) electrons. The Morgan fingerprint density at radius 2 is 1.62 bits per heavy atom. The monoisotopic (exact) mass is 377 g/mol. The molecule has 1 aromatic heterocycles. The summed E-state index contributed by atoms with van der Waals surface area (Å²) in [5.74, 6) is 0. The Labute approximate surface area is 154 Å². The van der Waals surface area contributed by atoms with Crippen LogP contribution in [-0.4, -0.2) is 22.6 Å². The second-order valence-electron chi connectivity index (χ2n) is 6.58. The van der Waals surface area contributed by atoms with Crippen LogP contribution in [0.4, 0.5) is 18.9 Å². The Morgan fingerprint density at radius 1 is 0.962 bits per heavy atom. The van der Waals surface area contributed by atoms with Gasteiger partial charge in [0.2, 0.25) is 0 Å². The van der Waals surface area contributed by atoms with Crippen molar-refractivity contribution in [3.63, 3.8) is 0 Å². The molecule has 0 aliphatic carbocycles. The highest BCUT2D eigenvalue weighted by Gasteiger charge is 2.30. The van der Waals surface area contributed by atoms with Gasteiger partial charge in [0, 0.05) is 24.8 Å². The molecule has 26 heavy (non-hydrogen) atoms. The Balaban J connectivity index is 1.50. The number of rotatable bonds is 2. The first-order chi connectivity index (χ1) is 12.4. The highest BCUT2D eigenvalue weighted by atomic mass is 32.1. The van der Waals surface area contributed by atoms with Gasteiger partial charge in [0.05, 0.1) is 16.6 Å². The summed E-state index contributed by atoms with van der Waals surface area (Å²) in [5, 5.41) is 0. The number of aromatic amines is 1. The van der Waals surface area contributed by atoms with Gasteiger partial charge in [-0.2, -0.15) is 13.2 Å². The van der Waals surface area contributed by atoms with Crippen molar-refractivity contribution in [1.29, 1.82) is 0 Å². The number of aromatic nitrogens is 2. The summed E-state index contributed by atoms with van der Waals surface area (Å²) in [6.45, 7) is 1.58. The van der Waals surface area contributed by atoms with Gasteiger partial charge in [0.25, 0.3) is 0 Å². The molecule has 2 aromatic carbocycles. The topological polar surface area (TPSA) is 24.0 Å². The van der Waals surface area contributed by atoms with Gasteiger partial charge in [0.1, 0.15) is 0 Å². The minimum atomic E-state index is -4.29. The zero-order valence-electron chi connectivity index (χ0n) is 14.0. The van der Waals surface area contributed by atoms with Gasteiger partial charge in [-0.25, -0.2) is 0 Å². The average molecular weight is 377 g/mol. The number of halogens is 3. The molecule has 2 heterocycles. The summed E-state index contributed by atoms with van der Waals surface area (Å²) in [6.07, 6.45) is -2.49. The SMILES string of the molecule is FC(F)(F)c1ccc(N2CCC(n3c(=S)[nH]c4ccccc43)CC2)cc1. The molecule has 3 aromatic rings. The third-order valence-corrected chi connectivity index (χ3v) is 5.31. The summed E-state index contributed by atoms with van der Waals surface area (Å²) >= 11 is 5.49. The quantitative estimate of drug-likeness (QED) is 0.591. The summed E-state index contributed by atoms with van der Waals surface area (Å²) < 4.78 is 41.0. The molecule has 0 unspecified atom stereocenters. The smallest absolute Gasteiger partial charge is 0.371 e. The van der Waals surface area contributed by atoms with E-state index in [1.165, 1.54) is 0 Å². The van der Waals surface area contributed by atoms with Crippen LogP contribution in [-0.2, 0) is 6.18 Å². The first kappa shape index (κ1) is 17.1. The van der Waals surface area contributed by atoms with Crippen LogP contribution >= 0.6 is 12.2 Å². The number of para-hydroxylation sites is 2. The number of hydrogen-bond donors (Lipinski definition) is 1. The molecule has 0 amide bonds. The summed E-state index contributed by atoms with van der Waals surface area (Å²) in [5.41, 5.74) is 2.35. The molecule has 1 N–H and O–H groups in total. The fourth-order valence-electron chi connectivity index (χ4n) is 3.68. The summed E-state index contributed by atoms with van der Waals surface area (Å²) in [4.78, 5) is 5.38. The van der Waals surface area contributed by atoms with Crippen LogP contribution in [0.5, 0.6) is 0 Å². The molecule has 0 atom stereocenters. The van der Waals surface area contributed by atoms with Gasteiger partial charge < -0.3 is 14.5 Å². The maximum atomic E-state index is 12.7. The van der Waals surface area contributed by atoms with E-state index < -0.39 is 11.7 Å². The second kappa shape index (κ2) is 6.46. The molecule has 0 spiro atoms. The number of anilines is 1. The van der Waals surface area contributed by atoms with Crippen LogP contribution < -0.4 is 4.90 Å². The first-order valence-corrected chi connectivity index (χ1v) is 8.96. The van der Waals surface area contributed by atoms with Crippen molar-refractivity contribution in [2.24, 2.45) is 0 Å². The van der Waals surface area contributed by atoms with Gasteiger partial charge in [-0.3, -0.25) is 0 Å². The van der Waals surface area contributed by atoms with E-state index in [-0.39, 0.29) is 0 Å². The second-order valence-corrected chi connectivity index (χ2v) is 6.97. The zero-order valence-corrected chi connectivity index (χ0v) is 14.8. The van der Waals surface area contributed by atoms with Crippen LogP contribution in [0.2, 0.25) is 0 Å². The Kier molecular flexibility index (Phi) is 4.26. The molecular weight excluding hydrogens is 359 g/mol. The number of piperidine rings is 1. The van der Waals surface area contributed by atoms with Crippen LogP contribution in [0.25, 0.3) is 11.0 Å². The lowest BCUT2D eigenvalue weighted by atomic mass is 10.0. The van der Waals surface area contributed by atoms with Crippen molar-refractivity contribution in [3.05, 3.63) is 58.9 Å². The molecular formula is C19H18F3N3S. The van der Waals surface area contributed by atoms with E-state index in [9.17, 15) is 13.2 Å². The van der Waals surface area contributed by atoms with Gasteiger partial charge in [0.15, 0.2) is 4.77 Å². The molecule has 4 rings (SSSR count). The molecule has 1 saturated heterocycles. The van der Waals surface area contributed by atoms with E-state index in [0.717, 1.165) is 59.6 Å². The number of fused-ring (bicyclic) bond motifs is 1. The van der Waals surface area contributed by atoms with Crippen molar-refractivity contribution in [2.45, 2.75) is 25.1 Å². The highest BCUT2D eigenvalue weighted by molar-refractivity contribution is 7.71. The van der Waals surface area contributed by atoms with Gasteiger partial charge in [-0.15, -0.1) is 0 Å². The third-order valence-electron chi connectivity index (χ3n) is 5.01. The molecule has 0 saturated carbocycles. The standard InChI is InChI=1S/C19H18F3N3S/c20-19(21,22)13-5-7-14(8-6-13)24-11-9-15(10-12-24)25-17-4-2-1-3-16(17)23-18(25)26/h1-8,15H,9-12H2,(H,23,26). The van der Waals surface area contributed by atoms with E-state index in [4.69, 9.17) is 12.2 Å². The van der Waals surface area contributed by atoms with E-state index >= 15 is 0 Å². The van der Waals surface area contributed by atoms with E-state index in [1.807, 2.05) is 18.2 Å². The molecule has 7 heteroatoms. The van der Waals surface area contributed by atoms with Crippen molar-refractivity contribution in [3.8, 4) is 0 Å². The predicted molar refractivity (Wildman–Crippen MR) is 99.1 cm³/mol. The lowest BCUT2D eigenvalue weighted by Gasteiger charge is -2.34. The zero-order chi connectivity index (χ0) is 18.3. The first-order valence-electron chi connectivity index (χ1n) is 8.55.